The van der Waals surface area contributed by atoms with E-state index in [0.29, 0.717) is 16.1 Å². The van der Waals surface area contributed by atoms with Crippen molar-refractivity contribution in [2.75, 3.05) is 6.61 Å². The Hall–Kier alpha value is -2.73. The van der Waals surface area contributed by atoms with E-state index in [1.807, 2.05) is 31.2 Å². The SMILES string of the molecule is CCOC(=O)c1c(COC(=O)c2cccs2)nc2ccccc2c1C. The molecular formula is C19H17NO4S. The van der Waals surface area contributed by atoms with Crippen molar-refractivity contribution in [3.8, 4) is 0 Å². The molecule has 0 aliphatic heterocycles. The molecule has 2 aromatic heterocycles. The van der Waals surface area contributed by atoms with Crippen LogP contribution in [0.25, 0.3) is 10.9 Å². The Labute approximate surface area is 149 Å². The summed E-state index contributed by atoms with van der Waals surface area (Å²) in [5, 5.41) is 2.68. The van der Waals surface area contributed by atoms with Crippen molar-refractivity contribution in [1.82, 2.24) is 4.98 Å². The Morgan fingerprint density at radius 1 is 1.08 bits per heavy atom. The number of para-hydroxylation sites is 1. The summed E-state index contributed by atoms with van der Waals surface area (Å²) < 4.78 is 10.5. The molecule has 0 amide bonds. The number of esters is 2. The number of nitrogens with zero attached hydrogens (tertiary/aromatic N) is 1. The molecule has 0 radical (unpaired) electrons. The summed E-state index contributed by atoms with van der Waals surface area (Å²) in [7, 11) is 0. The van der Waals surface area contributed by atoms with Crippen molar-refractivity contribution in [3.63, 3.8) is 0 Å². The Bertz CT molecular complexity index is 919. The molecule has 0 spiro atoms. The molecule has 0 aliphatic rings. The van der Waals surface area contributed by atoms with E-state index in [1.54, 1.807) is 24.4 Å². The Kier molecular flexibility index (Phi) is 5.09. The standard InChI is InChI=1S/C19H17NO4S/c1-3-23-19(22)17-12(2)13-7-4-5-8-14(13)20-15(17)11-24-18(21)16-9-6-10-25-16/h4-10H,3,11H2,1-2H3. The summed E-state index contributed by atoms with van der Waals surface area (Å²) in [5.74, 6) is -0.891. The summed E-state index contributed by atoms with van der Waals surface area (Å²) in [4.78, 5) is 29.5. The number of ether oxygens (including phenoxy) is 2. The van der Waals surface area contributed by atoms with E-state index in [0.717, 1.165) is 16.5 Å². The van der Waals surface area contributed by atoms with Gasteiger partial charge in [0, 0.05) is 5.39 Å². The Balaban J connectivity index is 1.98. The molecule has 5 nitrogen and oxygen atoms in total. The fourth-order valence-electron chi connectivity index (χ4n) is 2.62. The molecule has 0 fully saturated rings. The molecule has 0 unspecified atom stereocenters. The molecule has 2 heterocycles. The number of fused-ring (bicyclic) bond motifs is 1. The van der Waals surface area contributed by atoms with Crippen molar-refractivity contribution >= 4 is 34.2 Å². The number of hydrogen-bond donors (Lipinski definition) is 0. The van der Waals surface area contributed by atoms with Gasteiger partial charge in [-0.25, -0.2) is 14.6 Å². The van der Waals surface area contributed by atoms with E-state index in [1.165, 1.54) is 11.3 Å². The maximum Gasteiger partial charge on any atom is 0.348 e. The van der Waals surface area contributed by atoms with Crippen LogP contribution in [0.1, 0.15) is 38.2 Å². The van der Waals surface area contributed by atoms with Gasteiger partial charge in [0.25, 0.3) is 0 Å². The van der Waals surface area contributed by atoms with Crippen LogP contribution >= 0.6 is 11.3 Å². The van der Waals surface area contributed by atoms with Gasteiger partial charge >= 0.3 is 11.9 Å². The number of aromatic nitrogens is 1. The van der Waals surface area contributed by atoms with Crippen LogP contribution in [0.2, 0.25) is 0 Å². The van der Waals surface area contributed by atoms with Gasteiger partial charge in [-0.15, -0.1) is 11.3 Å². The zero-order chi connectivity index (χ0) is 17.8. The minimum absolute atomic E-state index is 0.0868. The smallest absolute Gasteiger partial charge is 0.348 e. The van der Waals surface area contributed by atoms with Crippen LogP contribution in [0.15, 0.2) is 41.8 Å². The van der Waals surface area contributed by atoms with Crippen molar-refractivity contribution in [1.29, 1.82) is 0 Å². The van der Waals surface area contributed by atoms with Gasteiger partial charge in [0.05, 0.1) is 23.4 Å². The van der Waals surface area contributed by atoms with E-state index in [9.17, 15) is 9.59 Å². The van der Waals surface area contributed by atoms with Crippen molar-refractivity contribution in [2.24, 2.45) is 0 Å². The van der Waals surface area contributed by atoms with E-state index < -0.39 is 11.9 Å². The van der Waals surface area contributed by atoms with Crippen molar-refractivity contribution < 1.29 is 19.1 Å². The van der Waals surface area contributed by atoms with E-state index in [2.05, 4.69) is 4.98 Å². The lowest BCUT2D eigenvalue weighted by molar-refractivity contribution is 0.0449. The second kappa shape index (κ2) is 7.44. The lowest BCUT2D eigenvalue weighted by Crippen LogP contribution is -2.14. The monoisotopic (exact) mass is 355 g/mol. The predicted octanol–water partition coefficient (Wildman–Crippen LogP) is 4.14. The zero-order valence-corrected chi connectivity index (χ0v) is 14.8. The largest absolute Gasteiger partial charge is 0.462 e. The normalized spacial score (nSPS) is 10.6. The molecule has 3 aromatic rings. The second-order valence-electron chi connectivity index (χ2n) is 5.35. The van der Waals surface area contributed by atoms with Crippen LogP contribution in [0.4, 0.5) is 0 Å². The number of hydrogen-bond acceptors (Lipinski definition) is 6. The average molecular weight is 355 g/mol. The number of benzene rings is 1. The van der Waals surface area contributed by atoms with E-state index in [4.69, 9.17) is 9.47 Å². The van der Waals surface area contributed by atoms with Gasteiger partial charge in [-0.3, -0.25) is 0 Å². The molecule has 3 rings (SSSR count). The van der Waals surface area contributed by atoms with Gasteiger partial charge < -0.3 is 9.47 Å². The summed E-state index contributed by atoms with van der Waals surface area (Å²) in [6.45, 7) is 3.77. The highest BCUT2D eigenvalue weighted by molar-refractivity contribution is 7.11. The molecule has 128 valence electrons. The van der Waals surface area contributed by atoms with E-state index in [-0.39, 0.29) is 13.2 Å². The lowest BCUT2D eigenvalue weighted by Gasteiger charge is -2.14. The molecule has 0 saturated carbocycles. The van der Waals surface area contributed by atoms with Crippen LogP contribution in [0, 0.1) is 6.92 Å². The fraction of sp³-hybridized carbons (Fsp3) is 0.211. The highest BCUT2D eigenvalue weighted by atomic mass is 32.1. The zero-order valence-electron chi connectivity index (χ0n) is 13.9. The number of pyridine rings is 1. The summed E-state index contributed by atoms with van der Waals surface area (Å²) >= 11 is 1.30. The molecule has 0 saturated heterocycles. The third-order valence-corrected chi connectivity index (χ3v) is 4.62. The van der Waals surface area contributed by atoms with Gasteiger partial charge in [0.15, 0.2) is 0 Å². The maximum atomic E-state index is 12.4. The fourth-order valence-corrected chi connectivity index (χ4v) is 3.24. The first-order valence-corrected chi connectivity index (χ1v) is 8.75. The highest BCUT2D eigenvalue weighted by Crippen LogP contribution is 2.24. The predicted molar refractivity (Wildman–Crippen MR) is 95.9 cm³/mol. The molecule has 0 aliphatic carbocycles. The first-order valence-electron chi connectivity index (χ1n) is 7.87. The summed E-state index contributed by atoms with van der Waals surface area (Å²) in [5.41, 5.74) is 2.28. The molecule has 25 heavy (non-hydrogen) atoms. The molecule has 0 atom stereocenters. The minimum atomic E-state index is -0.458. The maximum absolute atomic E-state index is 12.4. The van der Waals surface area contributed by atoms with Gasteiger partial charge in [-0.2, -0.15) is 0 Å². The Morgan fingerprint density at radius 3 is 2.60 bits per heavy atom. The van der Waals surface area contributed by atoms with Crippen LogP contribution < -0.4 is 0 Å². The van der Waals surface area contributed by atoms with Gasteiger partial charge in [0.1, 0.15) is 11.5 Å². The minimum Gasteiger partial charge on any atom is -0.462 e. The van der Waals surface area contributed by atoms with Crippen LogP contribution in [0.5, 0.6) is 0 Å². The van der Waals surface area contributed by atoms with Gasteiger partial charge in [0.2, 0.25) is 0 Å². The molecule has 1 aromatic carbocycles. The number of carbonyl (C=O) groups is 2. The van der Waals surface area contributed by atoms with Crippen LogP contribution in [0.3, 0.4) is 0 Å². The summed E-state index contributed by atoms with van der Waals surface area (Å²) in [6.07, 6.45) is 0. The number of rotatable bonds is 5. The van der Waals surface area contributed by atoms with E-state index >= 15 is 0 Å². The topological polar surface area (TPSA) is 65.5 Å². The third-order valence-electron chi connectivity index (χ3n) is 3.77. The number of thiophene rings is 1. The van der Waals surface area contributed by atoms with Crippen LogP contribution in [-0.4, -0.2) is 23.5 Å². The number of carbonyl (C=O) groups excluding carboxylic acids is 2. The first-order chi connectivity index (χ1) is 12.1. The van der Waals surface area contributed by atoms with Gasteiger partial charge in [-0.1, -0.05) is 24.3 Å². The molecular weight excluding hydrogens is 338 g/mol. The molecule has 6 heteroatoms. The summed E-state index contributed by atoms with van der Waals surface area (Å²) in [6, 6.07) is 11.0. The molecule has 0 N–H and O–H groups in total. The molecule has 0 bridgehead atoms. The van der Waals surface area contributed by atoms with Gasteiger partial charge in [-0.05, 0) is 36.9 Å². The lowest BCUT2D eigenvalue weighted by atomic mass is 10.0. The average Bonchev–Trinajstić information content (AvgIpc) is 3.14. The number of aryl methyl sites for hydroxylation is 1. The highest BCUT2D eigenvalue weighted by Gasteiger charge is 2.21. The Morgan fingerprint density at radius 2 is 1.88 bits per heavy atom. The van der Waals surface area contributed by atoms with Crippen molar-refractivity contribution in [2.45, 2.75) is 20.5 Å². The quantitative estimate of drug-likeness (QED) is 0.644. The first kappa shape index (κ1) is 17.1. The van der Waals surface area contributed by atoms with Crippen LogP contribution in [-0.2, 0) is 16.1 Å². The van der Waals surface area contributed by atoms with Crippen molar-refractivity contribution in [3.05, 3.63) is 63.5 Å². The third kappa shape index (κ3) is 3.53. The second-order valence-corrected chi connectivity index (χ2v) is 6.30.